The molecular weight excluding hydrogens is 594 g/mol. The fourth-order valence-electron chi connectivity index (χ4n) is 6.49. The van der Waals surface area contributed by atoms with E-state index in [1.54, 1.807) is 34.9 Å². The Balaban J connectivity index is 1.54. The van der Waals surface area contributed by atoms with Gasteiger partial charge in [-0.25, -0.2) is 0 Å². The van der Waals surface area contributed by atoms with Gasteiger partial charge in [0.1, 0.15) is 0 Å². The monoisotopic (exact) mass is 647 g/mol. The highest BCUT2D eigenvalue weighted by molar-refractivity contribution is 6.03. The number of aliphatic hydroxyl groups is 1. The maximum Gasteiger partial charge on any atom is 0.253 e. The summed E-state index contributed by atoms with van der Waals surface area (Å²) in [6, 6.07) is 13.5. The first kappa shape index (κ1) is 36.1. The van der Waals surface area contributed by atoms with Gasteiger partial charge in [0.05, 0.1) is 18.2 Å². The molecule has 10 heteroatoms. The predicted octanol–water partition coefficient (Wildman–Crippen LogP) is 4.20. The van der Waals surface area contributed by atoms with E-state index in [1.165, 1.54) is 6.42 Å². The zero-order valence-corrected chi connectivity index (χ0v) is 28.3. The number of carbonyl (C=O) groups excluding carboxylic acids is 4. The van der Waals surface area contributed by atoms with Gasteiger partial charge in [-0.3, -0.25) is 19.2 Å². The van der Waals surface area contributed by atoms with Crippen LogP contribution in [0.4, 0.5) is 5.69 Å². The summed E-state index contributed by atoms with van der Waals surface area (Å²) in [7, 11) is 0. The van der Waals surface area contributed by atoms with Gasteiger partial charge in [0.2, 0.25) is 11.8 Å². The summed E-state index contributed by atoms with van der Waals surface area (Å²) >= 11 is 0. The Kier molecular flexibility index (Phi) is 13.8. The van der Waals surface area contributed by atoms with E-state index in [9.17, 15) is 24.3 Å². The number of hydrogen-bond donors (Lipinski definition) is 4. The maximum atomic E-state index is 13.9. The molecule has 1 saturated carbocycles. The molecule has 256 valence electrons. The molecule has 0 aromatic heterocycles. The van der Waals surface area contributed by atoms with Crippen LogP contribution in [0.25, 0.3) is 0 Å². The molecule has 2 fully saturated rings. The van der Waals surface area contributed by atoms with Crippen molar-refractivity contribution in [3.63, 3.8) is 0 Å². The van der Waals surface area contributed by atoms with Gasteiger partial charge in [0.25, 0.3) is 11.8 Å². The molecule has 3 atom stereocenters. The van der Waals surface area contributed by atoms with E-state index in [-0.39, 0.29) is 35.9 Å². The molecule has 1 aliphatic heterocycles. The molecule has 47 heavy (non-hydrogen) atoms. The third-order valence-electron chi connectivity index (χ3n) is 9.14. The largest absolute Gasteiger partial charge is 0.390 e. The lowest BCUT2D eigenvalue weighted by Gasteiger charge is -2.28. The predicted molar refractivity (Wildman–Crippen MR) is 184 cm³/mol. The minimum atomic E-state index is -1.02. The van der Waals surface area contributed by atoms with Crippen LogP contribution in [0.3, 0.4) is 0 Å². The number of benzene rings is 2. The number of aliphatic hydroxyl groups excluding tert-OH is 1. The minimum absolute atomic E-state index is 0.0370. The number of amides is 4. The van der Waals surface area contributed by atoms with Crippen molar-refractivity contribution < 1.29 is 24.3 Å². The Morgan fingerprint density at radius 2 is 1.64 bits per heavy atom. The number of hydrogen-bond acceptors (Lipinski definition) is 6. The van der Waals surface area contributed by atoms with Crippen molar-refractivity contribution in [2.45, 2.75) is 109 Å². The molecule has 0 spiro atoms. The molecule has 0 unspecified atom stereocenters. The van der Waals surface area contributed by atoms with E-state index in [2.05, 4.69) is 16.0 Å². The molecule has 1 heterocycles. The highest BCUT2D eigenvalue weighted by atomic mass is 16.3. The topological polar surface area (TPSA) is 131 Å². The Morgan fingerprint density at radius 1 is 0.957 bits per heavy atom. The first-order valence-electron chi connectivity index (χ1n) is 17.5. The Bertz CT molecular complexity index is 1340. The van der Waals surface area contributed by atoms with Crippen LogP contribution in [-0.2, 0) is 16.0 Å². The van der Waals surface area contributed by atoms with E-state index >= 15 is 0 Å². The number of nitrogens with one attached hydrogen (secondary N) is 3. The standard InChI is InChI=1S/C37H53N5O5/c1-4-18-41(19-5-2)37(47)29-22-28(23-31(24-29)42-20-12-17-34(42)44)36(46)40-32(21-27-13-8-6-9-14-27)33(43)25-38-26(3)35(45)39-30-15-10-7-11-16-30/h6,8-9,13-14,22-24,26,30,32-33,38,43H,4-5,7,10-12,15-21,25H2,1-3H3,(H,39,45)(H,40,46)/t26-,32-,33+/m0/s1. The minimum Gasteiger partial charge on any atom is -0.390 e. The second-order valence-electron chi connectivity index (χ2n) is 13.0. The maximum absolute atomic E-state index is 13.9. The zero-order chi connectivity index (χ0) is 33.8. The van der Waals surface area contributed by atoms with E-state index in [0.29, 0.717) is 50.1 Å². The van der Waals surface area contributed by atoms with Gasteiger partial charge < -0.3 is 30.9 Å². The van der Waals surface area contributed by atoms with Crippen molar-refractivity contribution in [3.05, 3.63) is 65.2 Å². The first-order valence-corrected chi connectivity index (χ1v) is 17.5. The summed E-state index contributed by atoms with van der Waals surface area (Å²) in [5.74, 6) is -0.765. The summed E-state index contributed by atoms with van der Waals surface area (Å²) < 4.78 is 0. The lowest BCUT2D eigenvalue weighted by molar-refractivity contribution is -0.123. The third kappa shape index (κ3) is 10.4. The van der Waals surface area contributed by atoms with Gasteiger partial charge in [-0.2, -0.15) is 0 Å². The molecule has 1 saturated heterocycles. The van der Waals surface area contributed by atoms with Crippen LogP contribution in [0.15, 0.2) is 48.5 Å². The van der Waals surface area contributed by atoms with E-state index < -0.39 is 24.1 Å². The molecule has 0 bridgehead atoms. The smallest absolute Gasteiger partial charge is 0.253 e. The van der Waals surface area contributed by atoms with Gasteiger partial charge >= 0.3 is 0 Å². The van der Waals surface area contributed by atoms with Crippen molar-refractivity contribution in [1.82, 2.24) is 20.9 Å². The van der Waals surface area contributed by atoms with Crippen LogP contribution in [0.2, 0.25) is 0 Å². The van der Waals surface area contributed by atoms with Gasteiger partial charge in [-0.05, 0) is 69.2 Å². The first-order chi connectivity index (χ1) is 22.7. The number of anilines is 1. The highest BCUT2D eigenvalue weighted by Crippen LogP contribution is 2.26. The molecule has 1 aliphatic carbocycles. The Hall–Kier alpha value is -3.76. The second-order valence-corrected chi connectivity index (χ2v) is 13.0. The van der Waals surface area contributed by atoms with Crippen molar-refractivity contribution in [2.24, 2.45) is 0 Å². The van der Waals surface area contributed by atoms with Gasteiger partial charge in [0.15, 0.2) is 0 Å². The average Bonchev–Trinajstić information content (AvgIpc) is 3.52. The van der Waals surface area contributed by atoms with Gasteiger partial charge in [-0.1, -0.05) is 63.4 Å². The van der Waals surface area contributed by atoms with Crippen molar-refractivity contribution >= 4 is 29.3 Å². The third-order valence-corrected chi connectivity index (χ3v) is 9.14. The molecule has 2 aromatic rings. The lowest BCUT2D eigenvalue weighted by atomic mass is 9.95. The van der Waals surface area contributed by atoms with Crippen LogP contribution >= 0.6 is 0 Å². The van der Waals surface area contributed by atoms with Crippen LogP contribution in [-0.4, -0.2) is 84.0 Å². The van der Waals surface area contributed by atoms with Crippen LogP contribution in [0.1, 0.15) is 105 Å². The van der Waals surface area contributed by atoms with Crippen LogP contribution < -0.4 is 20.9 Å². The fraction of sp³-hybridized carbons (Fsp3) is 0.568. The molecular formula is C37H53N5O5. The summed E-state index contributed by atoms with van der Waals surface area (Å²) in [5.41, 5.74) is 2.06. The van der Waals surface area contributed by atoms with Crippen molar-refractivity contribution in [2.75, 3.05) is 31.1 Å². The van der Waals surface area contributed by atoms with Crippen molar-refractivity contribution in [3.8, 4) is 0 Å². The molecule has 10 nitrogen and oxygen atoms in total. The molecule has 4 rings (SSSR count). The summed E-state index contributed by atoms with van der Waals surface area (Å²) in [4.78, 5) is 56.5. The molecule has 2 aliphatic rings. The summed E-state index contributed by atoms with van der Waals surface area (Å²) in [5, 5.41) is 20.7. The van der Waals surface area contributed by atoms with Crippen LogP contribution in [0, 0.1) is 0 Å². The lowest BCUT2D eigenvalue weighted by Crippen LogP contribution is -2.53. The van der Waals surface area contributed by atoms with Gasteiger partial charge in [0, 0.05) is 55.5 Å². The molecule has 0 radical (unpaired) electrons. The SMILES string of the molecule is CCCN(CCC)C(=O)c1cc(C(=O)N[C@@H](Cc2ccccc2)[C@H](O)CN[C@@H](C)C(=O)NC2CCCCC2)cc(N2CCCC2=O)c1. The van der Waals surface area contributed by atoms with Gasteiger partial charge in [-0.15, -0.1) is 0 Å². The highest BCUT2D eigenvalue weighted by Gasteiger charge is 2.28. The molecule has 2 aromatic carbocycles. The normalized spacial score (nSPS) is 17.2. The van der Waals surface area contributed by atoms with Crippen molar-refractivity contribution in [1.29, 1.82) is 0 Å². The van der Waals surface area contributed by atoms with E-state index in [4.69, 9.17) is 0 Å². The fourth-order valence-corrected chi connectivity index (χ4v) is 6.49. The second kappa shape index (κ2) is 18.0. The zero-order valence-electron chi connectivity index (χ0n) is 28.3. The quantitative estimate of drug-likeness (QED) is 0.216. The number of rotatable bonds is 16. The summed E-state index contributed by atoms with van der Waals surface area (Å²) in [6.45, 7) is 7.62. The van der Waals surface area contributed by atoms with E-state index in [0.717, 1.165) is 44.1 Å². The van der Waals surface area contributed by atoms with E-state index in [1.807, 2.05) is 44.2 Å². The molecule has 4 amide bonds. The Morgan fingerprint density at radius 3 is 2.28 bits per heavy atom. The Labute approximate surface area is 279 Å². The number of carbonyl (C=O) groups is 4. The summed E-state index contributed by atoms with van der Waals surface area (Å²) in [6.07, 6.45) is 7.50. The number of nitrogens with zero attached hydrogens (tertiary/aromatic N) is 2. The average molecular weight is 648 g/mol. The molecule has 4 N–H and O–H groups in total. The van der Waals surface area contributed by atoms with Crippen LogP contribution in [0.5, 0.6) is 0 Å².